The van der Waals surface area contributed by atoms with Crippen LogP contribution in [0.15, 0.2) is 53.0 Å². The normalized spacial score (nSPS) is 11.1. The molecule has 0 unspecified atom stereocenters. The van der Waals surface area contributed by atoms with Crippen LogP contribution in [0.5, 0.6) is 5.75 Å². The van der Waals surface area contributed by atoms with E-state index in [1.54, 1.807) is 38.4 Å². The Morgan fingerprint density at radius 3 is 2.31 bits per heavy atom. The van der Waals surface area contributed by atoms with Crippen LogP contribution in [0, 0.1) is 0 Å². The number of sulfonamides is 1. The standard InChI is InChI=1S/C18H21BrN2O4S/c1-20(12-14-6-4-5-7-17(14)25-2)18(22)13-21(26(3,23)24)16-10-8-15(19)9-11-16/h4-11H,12-13H2,1-3H3. The first kappa shape index (κ1) is 20.3. The summed E-state index contributed by atoms with van der Waals surface area (Å²) in [5, 5.41) is 0. The zero-order chi connectivity index (χ0) is 19.3. The number of methoxy groups -OCH3 is 1. The summed E-state index contributed by atoms with van der Waals surface area (Å²) in [5.74, 6) is 0.365. The van der Waals surface area contributed by atoms with E-state index in [4.69, 9.17) is 4.74 Å². The molecule has 2 aromatic rings. The molecule has 1 amide bonds. The highest BCUT2D eigenvalue weighted by molar-refractivity contribution is 9.10. The number of ether oxygens (including phenoxy) is 1. The van der Waals surface area contributed by atoms with Gasteiger partial charge in [-0.15, -0.1) is 0 Å². The number of likely N-dealkylation sites (N-methyl/N-ethyl adjacent to an activating group) is 1. The SMILES string of the molecule is COc1ccccc1CN(C)C(=O)CN(c1ccc(Br)cc1)S(C)(=O)=O. The van der Waals surface area contributed by atoms with Gasteiger partial charge in [-0.1, -0.05) is 34.1 Å². The molecule has 2 aromatic carbocycles. The molecule has 0 fully saturated rings. The van der Waals surface area contributed by atoms with Crippen molar-refractivity contribution in [3.63, 3.8) is 0 Å². The van der Waals surface area contributed by atoms with Gasteiger partial charge in [-0.25, -0.2) is 8.42 Å². The Morgan fingerprint density at radius 1 is 1.12 bits per heavy atom. The van der Waals surface area contributed by atoms with Crippen molar-refractivity contribution in [3.05, 3.63) is 58.6 Å². The van der Waals surface area contributed by atoms with E-state index in [-0.39, 0.29) is 12.5 Å². The van der Waals surface area contributed by atoms with Crippen LogP contribution in [0.2, 0.25) is 0 Å². The summed E-state index contributed by atoms with van der Waals surface area (Å²) in [6, 6.07) is 14.2. The summed E-state index contributed by atoms with van der Waals surface area (Å²) in [5.41, 5.74) is 1.29. The van der Waals surface area contributed by atoms with Crippen molar-refractivity contribution in [2.45, 2.75) is 6.54 Å². The summed E-state index contributed by atoms with van der Waals surface area (Å²) in [7, 11) is -0.394. The average molecular weight is 441 g/mol. The lowest BCUT2D eigenvalue weighted by atomic mass is 10.2. The van der Waals surface area contributed by atoms with E-state index in [1.807, 2.05) is 24.3 Å². The third-order valence-electron chi connectivity index (χ3n) is 3.82. The molecule has 140 valence electrons. The Bertz CT molecular complexity index is 869. The van der Waals surface area contributed by atoms with Gasteiger partial charge >= 0.3 is 0 Å². The van der Waals surface area contributed by atoms with Crippen LogP contribution in [0.3, 0.4) is 0 Å². The Labute approximate surface area is 162 Å². The Kier molecular flexibility index (Phi) is 6.66. The van der Waals surface area contributed by atoms with Gasteiger partial charge in [-0.2, -0.15) is 0 Å². The van der Waals surface area contributed by atoms with E-state index >= 15 is 0 Å². The number of carbonyl (C=O) groups is 1. The third-order valence-corrected chi connectivity index (χ3v) is 5.49. The lowest BCUT2D eigenvalue weighted by molar-refractivity contribution is -0.128. The summed E-state index contributed by atoms with van der Waals surface area (Å²) < 4.78 is 31.5. The molecule has 0 bridgehead atoms. The van der Waals surface area contributed by atoms with E-state index in [0.717, 1.165) is 20.6 Å². The topological polar surface area (TPSA) is 66.9 Å². The van der Waals surface area contributed by atoms with Crippen LogP contribution in [-0.2, 0) is 21.4 Å². The van der Waals surface area contributed by atoms with Crippen molar-refractivity contribution in [2.75, 3.05) is 31.3 Å². The summed E-state index contributed by atoms with van der Waals surface area (Å²) in [4.78, 5) is 14.1. The number of para-hydroxylation sites is 1. The molecular weight excluding hydrogens is 420 g/mol. The molecule has 0 aliphatic carbocycles. The predicted molar refractivity (Wildman–Crippen MR) is 106 cm³/mol. The number of amides is 1. The van der Waals surface area contributed by atoms with E-state index in [0.29, 0.717) is 18.0 Å². The maximum absolute atomic E-state index is 12.6. The monoisotopic (exact) mass is 440 g/mol. The summed E-state index contributed by atoms with van der Waals surface area (Å²) in [6.45, 7) is 0.0485. The van der Waals surface area contributed by atoms with Crippen molar-refractivity contribution >= 4 is 37.5 Å². The minimum atomic E-state index is -3.60. The van der Waals surface area contributed by atoms with Crippen LogP contribution < -0.4 is 9.04 Å². The highest BCUT2D eigenvalue weighted by Crippen LogP contribution is 2.22. The Morgan fingerprint density at radius 2 is 1.73 bits per heavy atom. The van der Waals surface area contributed by atoms with E-state index in [9.17, 15) is 13.2 Å². The van der Waals surface area contributed by atoms with E-state index < -0.39 is 10.0 Å². The van der Waals surface area contributed by atoms with Gasteiger partial charge in [0.15, 0.2) is 0 Å². The van der Waals surface area contributed by atoms with Gasteiger partial charge in [0.1, 0.15) is 12.3 Å². The molecule has 0 atom stereocenters. The Balaban J connectivity index is 2.17. The summed E-state index contributed by atoms with van der Waals surface area (Å²) >= 11 is 3.31. The maximum atomic E-state index is 12.6. The van der Waals surface area contributed by atoms with Crippen molar-refractivity contribution in [1.82, 2.24) is 4.90 Å². The number of rotatable bonds is 7. The molecule has 0 radical (unpaired) electrons. The molecule has 26 heavy (non-hydrogen) atoms. The van der Waals surface area contributed by atoms with Gasteiger partial charge in [0.2, 0.25) is 15.9 Å². The molecule has 0 N–H and O–H groups in total. The highest BCUT2D eigenvalue weighted by Gasteiger charge is 2.23. The van der Waals surface area contributed by atoms with Crippen LogP contribution in [0.4, 0.5) is 5.69 Å². The van der Waals surface area contributed by atoms with E-state index in [1.165, 1.54) is 4.90 Å². The zero-order valence-corrected chi connectivity index (χ0v) is 17.2. The molecule has 0 heterocycles. The lowest BCUT2D eigenvalue weighted by Gasteiger charge is -2.25. The van der Waals surface area contributed by atoms with Crippen LogP contribution in [0.25, 0.3) is 0 Å². The maximum Gasteiger partial charge on any atom is 0.243 e. The molecule has 2 rings (SSSR count). The van der Waals surface area contributed by atoms with Gasteiger partial charge < -0.3 is 9.64 Å². The fourth-order valence-corrected chi connectivity index (χ4v) is 3.54. The van der Waals surface area contributed by atoms with Crippen LogP contribution in [0.1, 0.15) is 5.56 Å². The molecular formula is C18H21BrN2O4S. The number of anilines is 1. The Hall–Kier alpha value is -2.06. The van der Waals surface area contributed by atoms with Crippen molar-refractivity contribution in [1.29, 1.82) is 0 Å². The molecule has 0 aliphatic rings. The molecule has 0 aliphatic heterocycles. The fourth-order valence-electron chi connectivity index (χ4n) is 2.43. The number of nitrogens with zero attached hydrogens (tertiary/aromatic N) is 2. The molecule has 0 spiro atoms. The second-order valence-corrected chi connectivity index (χ2v) is 8.63. The minimum absolute atomic E-state index is 0.272. The van der Waals surface area contributed by atoms with Gasteiger partial charge in [0, 0.05) is 23.6 Å². The van der Waals surface area contributed by atoms with Gasteiger partial charge in [0.25, 0.3) is 0 Å². The first-order chi connectivity index (χ1) is 12.2. The molecule has 0 saturated carbocycles. The number of carbonyl (C=O) groups excluding carboxylic acids is 1. The van der Waals surface area contributed by atoms with Crippen molar-refractivity contribution in [2.24, 2.45) is 0 Å². The number of benzene rings is 2. The quantitative estimate of drug-likeness (QED) is 0.663. The van der Waals surface area contributed by atoms with Gasteiger partial charge in [-0.3, -0.25) is 9.10 Å². The molecule has 6 nitrogen and oxygen atoms in total. The third kappa shape index (κ3) is 5.22. The highest BCUT2D eigenvalue weighted by atomic mass is 79.9. The second kappa shape index (κ2) is 8.55. The number of halogens is 1. The average Bonchev–Trinajstić information content (AvgIpc) is 2.60. The first-order valence-corrected chi connectivity index (χ1v) is 10.5. The lowest BCUT2D eigenvalue weighted by Crippen LogP contribution is -2.41. The molecule has 0 aromatic heterocycles. The molecule has 0 saturated heterocycles. The fraction of sp³-hybridized carbons (Fsp3) is 0.278. The van der Waals surface area contributed by atoms with Crippen molar-refractivity contribution in [3.8, 4) is 5.75 Å². The zero-order valence-electron chi connectivity index (χ0n) is 14.8. The number of hydrogen-bond acceptors (Lipinski definition) is 4. The smallest absolute Gasteiger partial charge is 0.243 e. The summed E-state index contributed by atoms with van der Waals surface area (Å²) in [6.07, 6.45) is 1.09. The van der Waals surface area contributed by atoms with Crippen molar-refractivity contribution < 1.29 is 17.9 Å². The van der Waals surface area contributed by atoms with Gasteiger partial charge in [0.05, 0.1) is 19.1 Å². The predicted octanol–water partition coefficient (Wildman–Crippen LogP) is 2.88. The van der Waals surface area contributed by atoms with Crippen LogP contribution in [-0.4, -0.2) is 46.2 Å². The van der Waals surface area contributed by atoms with Gasteiger partial charge in [-0.05, 0) is 30.3 Å². The van der Waals surface area contributed by atoms with Crippen LogP contribution >= 0.6 is 15.9 Å². The minimum Gasteiger partial charge on any atom is -0.496 e. The molecule has 8 heteroatoms. The second-order valence-electron chi connectivity index (χ2n) is 5.81. The largest absolute Gasteiger partial charge is 0.496 e. The first-order valence-electron chi connectivity index (χ1n) is 7.81. The number of hydrogen-bond donors (Lipinski definition) is 0. The van der Waals surface area contributed by atoms with E-state index in [2.05, 4.69) is 15.9 Å².